The Morgan fingerprint density at radius 2 is 0.837 bits per heavy atom. The monoisotopic (exact) mass is 588 g/mol. The van der Waals surface area contributed by atoms with Crippen molar-refractivity contribution < 1.29 is 18.3 Å². The van der Waals surface area contributed by atoms with Crippen molar-refractivity contribution in [3.05, 3.63) is 164 Å². The third-order valence-corrected chi connectivity index (χ3v) is 9.64. The van der Waals surface area contributed by atoms with Crippen molar-refractivity contribution in [3.8, 4) is 0 Å². The molecule has 0 aliphatic heterocycles. The molecule has 0 fully saturated rings. The lowest BCUT2D eigenvalue weighted by Gasteiger charge is -2.18. The van der Waals surface area contributed by atoms with Crippen LogP contribution in [-0.2, 0) is 22.7 Å². The molecule has 43 heavy (non-hydrogen) atoms. The Labute approximate surface area is 247 Å². The summed E-state index contributed by atoms with van der Waals surface area (Å²) in [6.07, 6.45) is 0.0294. The van der Waals surface area contributed by atoms with E-state index < -0.39 is 19.7 Å². The Balaban J connectivity index is 1.64. The lowest BCUT2D eigenvalue weighted by Crippen LogP contribution is -2.12. The summed E-state index contributed by atoms with van der Waals surface area (Å²) >= 11 is 0. The molecule has 8 nitrogen and oxygen atoms in total. The lowest BCUT2D eigenvalue weighted by molar-refractivity contribution is -0.385. The number of nitrogens with zero attached hydrogens (tertiary/aromatic N) is 2. The molecule has 212 valence electrons. The summed E-state index contributed by atoms with van der Waals surface area (Å²) in [5.74, 6) is 0. The first-order valence-corrected chi connectivity index (χ1v) is 14.9. The van der Waals surface area contributed by atoms with Gasteiger partial charge in [0.25, 0.3) is 11.4 Å². The normalized spacial score (nSPS) is 11.5. The highest BCUT2D eigenvalue weighted by Crippen LogP contribution is 2.39. The highest BCUT2D eigenvalue weighted by Gasteiger charge is 2.30. The van der Waals surface area contributed by atoms with E-state index in [0.717, 1.165) is 0 Å². The van der Waals surface area contributed by atoms with E-state index >= 15 is 8.42 Å². The topological polar surface area (TPSA) is 120 Å². The van der Waals surface area contributed by atoms with E-state index in [9.17, 15) is 20.2 Å². The number of nitro groups is 2. The molecular weight excluding hydrogens is 564 g/mol. The molecule has 0 aliphatic rings. The van der Waals surface area contributed by atoms with Crippen LogP contribution < -0.4 is 0 Å². The van der Waals surface area contributed by atoms with Crippen LogP contribution >= 0.6 is 0 Å². The van der Waals surface area contributed by atoms with Crippen LogP contribution in [0.1, 0.15) is 22.3 Å². The van der Waals surface area contributed by atoms with Gasteiger partial charge in [-0.3, -0.25) is 20.2 Å². The zero-order valence-electron chi connectivity index (χ0n) is 22.7. The largest absolute Gasteiger partial charge is 0.272 e. The molecule has 0 saturated heterocycles. The van der Waals surface area contributed by atoms with Gasteiger partial charge in [0.05, 0.1) is 19.6 Å². The van der Waals surface area contributed by atoms with Gasteiger partial charge in [-0.05, 0) is 21.9 Å². The summed E-state index contributed by atoms with van der Waals surface area (Å²) in [5.41, 5.74) is 1.41. The molecule has 0 aromatic heterocycles. The lowest BCUT2D eigenvalue weighted by atomic mass is 9.99. The number of nitro benzene ring substituents is 2. The number of benzene rings is 6. The third-order valence-electron chi connectivity index (χ3n) is 7.60. The highest BCUT2D eigenvalue weighted by molar-refractivity contribution is 7.92. The maximum atomic E-state index is 15.1. The summed E-state index contributed by atoms with van der Waals surface area (Å²) < 4.78 is 30.1. The Morgan fingerprint density at radius 3 is 1.26 bits per heavy atom. The molecular formula is C34H24N2O6S. The molecule has 0 saturated carbocycles. The van der Waals surface area contributed by atoms with E-state index in [1.807, 2.05) is 36.4 Å². The number of para-hydroxylation sites is 2. The minimum atomic E-state index is -4.30. The van der Waals surface area contributed by atoms with Crippen molar-refractivity contribution in [2.75, 3.05) is 0 Å². The summed E-state index contributed by atoms with van der Waals surface area (Å²) in [6.45, 7) is 0. The molecule has 6 rings (SSSR count). The van der Waals surface area contributed by atoms with Crippen molar-refractivity contribution >= 4 is 42.8 Å². The van der Waals surface area contributed by atoms with Crippen LogP contribution in [0, 0.1) is 20.2 Å². The van der Waals surface area contributed by atoms with Crippen LogP contribution in [0.4, 0.5) is 11.4 Å². The van der Waals surface area contributed by atoms with Crippen LogP contribution in [0.25, 0.3) is 21.5 Å². The van der Waals surface area contributed by atoms with Gasteiger partial charge >= 0.3 is 0 Å². The fraction of sp³-hybridized carbons (Fsp3) is 0.0588. The molecule has 0 unspecified atom stereocenters. The van der Waals surface area contributed by atoms with Gasteiger partial charge in [-0.15, -0.1) is 0 Å². The van der Waals surface area contributed by atoms with E-state index in [2.05, 4.69) is 0 Å². The molecule has 0 heterocycles. The number of hydrogen-bond acceptors (Lipinski definition) is 6. The van der Waals surface area contributed by atoms with Crippen molar-refractivity contribution in [1.29, 1.82) is 0 Å². The van der Waals surface area contributed by atoms with E-state index in [0.29, 0.717) is 43.8 Å². The van der Waals surface area contributed by atoms with Gasteiger partial charge in [-0.1, -0.05) is 109 Å². The van der Waals surface area contributed by atoms with Crippen LogP contribution in [0.3, 0.4) is 0 Å². The molecule has 0 bridgehead atoms. The van der Waals surface area contributed by atoms with Gasteiger partial charge in [0, 0.05) is 46.9 Å². The second kappa shape index (κ2) is 11.1. The molecule has 0 atom stereocenters. The number of sulfone groups is 1. The average Bonchev–Trinajstić information content (AvgIpc) is 3.01. The Morgan fingerprint density at radius 1 is 0.465 bits per heavy atom. The minimum Gasteiger partial charge on any atom is -0.258 e. The number of fused-ring (bicyclic) bond motifs is 2. The van der Waals surface area contributed by atoms with Crippen LogP contribution in [-0.4, -0.2) is 18.3 Å². The van der Waals surface area contributed by atoms with Gasteiger partial charge in [0.15, 0.2) is 0 Å². The molecule has 0 aliphatic carbocycles. The predicted octanol–water partition coefficient (Wildman–Crippen LogP) is 7.82. The molecule has 0 amide bonds. The fourth-order valence-electron chi connectivity index (χ4n) is 5.68. The molecule has 9 heteroatoms. The molecule has 6 aromatic rings. The third kappa shape index (κ3) is 5.11. The summed E-state index contributed by atoms with van der Waals surface area (Å²) in [6, 6.07) is 33.9. The van der Waals surface area contributed by atoms with Crippen LogP contribution in [0.2, 0.25) is 0 Å². The molecule has 6 aromatic carbocycles. The summed E-state index contributed by atoms with van der Waals surface area (Å²) in [7, 11) is -4.30. The van der Waals surface area contributed by atoms with Crippen molar-refractivity contribution in [2.45, 2.75) is 22.6 Å². The van der Waals surface area contributed by atoms with E-state index in [-0.39, 0.29) is 34.0 Å². The van der Waals surface area contributed by atoms with Gasteiger partial charge in [0.2, 0.25) is 9.84 Å². The quantitative estimate of drug-likeness (QED) is 0.132. The van der Waals surface area contributed by atoms with Gasteiger partial charge in [-0.2, -0.15) is 0 Å². The predicted molar refractivity (Wildman–Crippen MR) is 165 cm³/mol. The van der Waals surface area contributed by atoms with Crippen molar-refractivity contribution in [1.82, 2.24) is 0 Å². The van der Waals surface area contributed by atoms with E-state index in [1.54, 1.807) is 72.8 Å². The van der Waals surface area contributed by atoms with E-state index in [1.165, 1.54) is 12.1 Å². The van der Waals surface area contributed by atoms with Gasteiger partial charge in [-0.25, -0.2) is 8.42 Å². The van der Waals surface area contributed by atoms with Crippen molar-refractivity contribution in [2.24, 2.45) is 0 Å². The standard InChI is InChI=1S/C34H24N2O6S/c37-35(38)31-15-7-3-11-25(31)21-27-19-17-23-9-1-5-13-29(23)33(27)43(41,42)34-28(20-18-24-10-2-6-14-30(24)34)22-26-12-4-8-16-32(26)36(39)40/h1-20H,21-22H2. The van der Waals surface area contributed by atoms with Gasteiger partial charge < -0.3 is 0 Å². The minimum absolute atomic E-state index is 0.0147. The summed E-state index contributed by atoms with van der Waals surface area (Å²) in [5, 5.41) is 26.0. The zero-order chi connectivity index (χ0) is 30.1. The fourth-order valence-corrected chi connectivity index (χ4v) is 7.80. The summed E-state index contributed by atoms with van der Waals surface area (Å²) in [4.78, 5) is 22.8. The average molecular weight is 589 g/mol. The van der Waals surface area contributed by atoms with Crippen LogP contribution in [0.15, 0.2) is 131 Å². The Hall–Kier alpha value is -5.41. The highest BCUT2D eigenvalue weighted by atomic mass is 32.2. The van der Waals surface area contributed by atoms with Crippen molar-refractivity contribution in [3.63, 3.8) is 0 Å². The second-order valence-electron chi connectivity index (χ2n) is 10.2. The molecule has 0 N–H and O–H groups in total. The first-order chi connectivity index (χ1) is 20.8. The molecule has 0 radical (unpaired) electrons. The first kappa shape index (κ1) is 27.7. The number of rotatable bonds is 8. The SMILES string of the molecule is O=[N+]([O-])c1ccccc1Cc1ccc2ccccc2c1S(=O)(=O)c1c(Cc2ccccc2[N+](=O)[O-])ccc2ccccc12. The Bertz CT molecular complexity index is 2030. The number of hydrogen-bond donors (Lipinski definition) is 0. The van der Waals surface area contributed by atoms with Crippen LogP contribution in [0.5, 0.6) is 0 Å². The zero-order valence-corrected chi connectivity index (χ0v) is 23.5. The smallest absolute Gasteiger partial charge is 0.258 e. The molecule has 0 spiro atoms. The maximum Gasteiger partial charge on any atom is 0.272 e. The Kier molecular flexibility index (Phi) is 7.17. The first-order valence-electron chi connectivity index (χ1n) is 13.5. The second-order valence-corrected chi connectivity index (χ2v) is 12.0. The van der Waals surface area contributed by atoms with E-state index in [4.69, 9.17) is 0 Å². The van der Waals surface area contributed by atoms with Gasteiger partial charge in [0.1, 0.15) is 0 Å². The maximum absolute atomic E-state index is 15.1.